The van der Waals surface area contributed by atoms with Crippen molar-refractivity contribution >= 4 is 11.6 Å². The molecule has 0 saturated heterocycles. The first-order chi connectivity index (χ1) is 8.19. The third kappa shape index (κ3) is 2.69. The molecule has 0 aliphatic heterocycles. The molecule has 0 aliphatic rings. The van der Waals surface area contributed by atoms with Crippen molar-refractivity contribution in [3.05, 3.63) is 48.0 Å². The molecule has 17 heavy (non-hydrogen) atoms. The lowest BCUT2D eigenvalue weighted by molar-refractivity contribution is 0.102. The number of anilines is 1. The zero-order valence-electron chi connectivity index (χ0n) is 9.35. The van der Waals surface area contributed by atoms with Gasteiger partial charge >= 0.3 is 0 Å². The summed E-state index contributed by atoms with van der Waals surface area (Å²) in [5.41, 5.74) is 1.04. The van der Waals surface area contributed by atoms with Crippen molar-refractivity contribution in [3.8, 4) is 0 Å². The second kappa shape index (κ2) is 4.78. The molecule has 0 unspecified atom stereocenters. The zero-order valence-corrected chi connectivity index (χ0v) is 9.35. The van der Waals surface area contributed by atoms with Crippen LogP contribution in [-0.4, -0.2) is 15.7 Å². The first-order valence-electron chi connectivity index (χ1n) is 5.28. The van der Waals surface area contributed by atoms with Gasteiger partial charge in [-0.05, 0) is 31.2 Å². The first kappa shape index (κ1) is 11.3. The van der Waals surface area contributed by atoms with E-state index in [0.29, 0.717) is 11.3 Å². The minimum Gasteiger partial charge on any atom is -0.319 e. The van der Waals surface area contributed by atoms with E-state index in [1.807, 2.05) is 6.92 Å². The first-order valence-corrected chi connectivity index (χ1v) is 5.28. The van der Waals surface area contributed by atoms with Gasteiger partial charge in [-0.2, -0.15) is 5.10 Å². The summed E-state index contributed by atoms with van der Waals surface area (Å²) in [4.78, 5) is 11.8. The normalized spacial score (nSPS) is 10.2. The fourth-order valence-electron chi connectivity index (χ4n) is 1.41. The molecule has 1 aromatic heterocycles. The summed E-state index contributed by atoms with van der Waals surface area (Å²) in [7, 11) is 0. The summed E-state index contributed by atoms with van der Waals surface area (Å²) < 4.78 is 14.4. The van der Waals surface area contributed by atoms with Gasteiger partial charge in [0, 0.05) is 18.3 Å². The zero-order chi connectivity index (χ0) is 12.3. The maximum Gasteiger partial charge on any atom is 0.255 e. The number of hydrogen-bond acceptors (Lipinski definition) is 2. The van der Waals surface area contributed by atoms with Crippen LogP contribution in [0.1, 0.15) is 17.3 Å². The van der Waals surface area contributed by atoms with Crippen molar-refractivity contribution in [3.63, 3.8) is 0 Å². The van der Waals surface area contributed by atoms with Crippen LogP contribution < -0.4 is 5.32 Å². The molecular formula is C12H12FN3O. The average molecular weight is 233 g/mol. The van der Waals surface area contributed by atoms with Gasteiger partial charge in [-0.1, -0.05) is 0 Å². The highest BCUT2D eigenvalue weighted by atomic mass is 19.1. The minimum absolute atomic E-state index is 0.277. The summed E-state index contributed by atoms with van der Waals surface area (Å²) in [6.07, 6.45) is 3.31. The van der Waals surface area contributed by atoms with Crippen LogP contribution in [0, 0.1) is 5.82 Å². The molecule has 1 amide bonds. The van der Waals surface area contributed by atoms with Crippen LogP contribution >= 0.6 is 0 Å². The Morgan fingerprint density at radius 2 is 2.12 bits per heavy atom. The summed E-state index contributed by atoms with van der Waals surface area (Å²) >= 11 is 0. The summed E-state index contributed by atoms with van der Waals surface area (Å²) in [5, 5.41) is 6.73. The molecule has 5 heteroatoms. The molecule has 1 aromatic carbocycles. The maximum absolute atomic E-state index is 12.7. The number of carbonyl (C=O) groups excluding carboxylic acids is 1. The van der Waals surface area contributed by atoms with Crippen LogP contribution in [0.2, 0.25) is 0 Å². The van der Waals surface area contributed by atoms with E-state index in [2.05, 4.69) is 10.4 Å². The molecule has 0 spiro atoms. The Labute approximate surface area is 98.1 Å². The van der Waals surface area contributed by atoms with Gasteiger partial charge < -0.3 is 5.32 Å². The van der Waals surface area contributed by atoms with E-state index in [4.69, 9.17) is 0 Å². The summed E-state index contributed by atoms with van der Waals surface area (Å²) in [6, 6.07) is 5.39. The Kier molecular flexibility index (Phi) is 3.18. The van der Waals surface area contributed by atoms with Crippen LogP contribution in [0.15, 0.2) is 36.7 Å². The number of aromatic nitrogens is 2. The Balaban J connectivity index is 2.08. The predicted octanol–water partition coefficient (Wildman–Crippen LogP) is 2.29. The minimum atomic E-state index is -0.361. The lowest BCUT2D eigenvalue weighted by Gasteiger charge is -2.01. The third-order valence-corrected chi connectivity index (χ3v) is 2.32. The number of carbonyl (C=O) groups is 1. The second-order valence-electron chi connectivity index (χ2n) is 3.55. The van der Waals surface area contributed by atoms with Gasteiger partial charge in [-0.3, -0.25) is 9.48 Å². The largest absolute Gasteiger partial charge is 0.319 e. The highest BCUT2D eigenvalue weighted by molar-refractivity contribution is 6.04. The van der Waals surface area contributed by atoms with Crippen LogP contribution in [0.5, 0.6) is 0 Å². The number of rotatable bonds is 3. The topological polar surface area (TPSA) is 46.9 Å². The lowest BCUT2D eigenvalue weighted by Crippen LogP contribution is -2.11. The van der Waals surface area contributed by atoms with Crippen molar-refractivity contribution in [2.75, 3.05) is 5.32 Å². The Hall–Kier alpha value is -2.17. The fourth-order valence-corrected chi connectivity index (χ4v) is 1.41. The van der Waals surface area contributed by atoms with Crippen LogP contribution in [0.4, 0.5) is 10.1 Å². The van der Waals surface area contributed by atoms with Gasteiger partial charge in [0.15, 0.2) is 0 Å². The number of benzene rings is 1. The predicted molar refractivity (Wildman–Crippen MR) is 62.3 cm³/mol. The van der Waals surface area contributed by atoms with Crippen molar-refractivity contribution < 1.29 is 9.18 Å². The van der Waals surface area contributed by atoms with E-state index in [0.717, 1.165) is 6.54 Å². The number of nitrogens with zero attached hydrogens (tertiary/aromatic N) is 2. The molecule has 88 valence electrons. The SMILES string of the molecule is CCn1cc(NC(=O)c2ccc(F)cc2)cn1. The molecule has 0 atom stereocenters. The van der Waals surface area contributed by atoms with Crippen LogP contribution in [0.25, 0.3) is 0 Å². The van der Waals surface area contributed by atoms with Gasteiger partial charge in [-0.25, -0.2) is 4.39 Å². The third-order valence-electron chi connectivity index (χ3n) is 2.32. The van der Waals surface area contributed by atoms with Gasteiger partial charge in [-0.15, -0.1) is 0 Å². The smallest absolute Gasteiger partial charge is 0.255 e. The summed E-state index contributed by atoms with van der Waals surface area (Å²) in [6.45, 7) is 2.70. The number of nitrogens with one attached hydrogen (secondary N) is 1. The number of aryl methyl sites for hydroxylation is 1. The molecule has 0 radical (unpaired) electrons. The van der Waals surface area contributed by atoms with E-state index in [1.165, 1.54) is 24.3 Å². The number of halogens is 1. The Morgan fingerprint density at radius 3 is 2.71 bits per heavy atom. The van der Waals surface area contributed by atoms with Crippen LogP contribution in [0.3, 0.4) is 0 Å². The van der Waals surface area contributed by atoms with Gasteiger partial charge in [0.25, 0.3) is 5.91 Å². The molecule has 2 rings (SSSR count). The van der Waals surface area contributed by atoms with E-state index < -0.39 is 0 Å². The summed E-state index contributed by atoms with van der Waals surface area (Å²) in [5.74, 6) is -0.638. The maximum atomic E-state index is 12.7. The molecule has 1 N–H and O–H groups in total. The average Bonchev–Trinajstić information content (AvgIpc) is 2.77. The molecular weight excluding hydrogens is 221 g/mol. The van der Waals surface area contributed by atoms with Crippen molar-refractivity contribution in [1.29, 1.82) is 0 Å². The van der Waals surface area contributed by atoms with E-state index in [1.54, 1.807) is 17.1 Å². The molecule has 2 aromatic rings. The van der Waals surface area contributed by atoms with Crippen LogP contribution in [-0.2, 0) is 6.54 Å². The van der Waals surface area contributed by atoms with Crippen molar-refractivity contribution in [2.45, 2.75) is 13.5 Å². The second-order valence-corrected chi connectivity index (χ2v) is 3.55. The molecule has 4 nitrogen and oxygen atoms in total. The lowest BCUT2D eigenvalue weighted by atomic mass is 10.2. The highest BCUT2D eigenvalue weighted by Crippen LogP contribution is 2.09. The Morgan fingerprint density at radius 1 is 1.41 bits per heavy atom. The highest BCUT2D eigenvalue weighted by Gasteiger charge is 2.07. The monoisotopic (exact) mass is 233 g/mol. The molecule has 1 heterocycles. The van der Waals surface area contributed by atoms with Gasteiger partial charge in [0.1, 0.15) is 5.82 Å². The molecule has 0 saturated carbocycles. The van der Waals surface area contributed by atoms with E-state index in [-0.39, 0.29) is 11.7 Å². The molecule has 0 bridgehead atoms. The quantitative estimate of drug-likeness (QED) is 0.884. The van der Waals surface area contributed by atoms with E-state index >= 15 is 0 Å². The van der Waals surface area contributed by atoms with Crippen molar-refractivity contribution in [2.24, 2.45) is 0 Å². The van der Waals surface area contributed by atoms with E-state index in [9.17, 15) is 9.18 Å². The van der Waals surface area contributed by atoms with Gasteiger partial charge in [0.05, 0.1) is 11.9 Å². The molecule has 0 aliphatic carbocycles. The Bertz CT molecular complexity index is 519. The van der Waals surface area contributed by atoms with Gasteiger partial charge in [0.2, 0.25) is 0 Å². The fraction of sp³-hybridized carbons (Fsp3) is 0.167. The number of hydrogen-bond donors (Lipinski definition) is 1. The standard InChI is InChI=1S/C12H12FN3O/c1-2-16-8-11(7-14-16)15-12(17)9-3-5-10(13)6-4-9/h3-8H,2H2,1H3,(H,15,17). The number of amides is 1. The molecule has 0 fully saturated rings. The van der Waals surface area contributed by atoms with Crippen molar-refractivity contribution in [1.82, 2.24) is 9.78 Å².